The van der Waals surface area contributed by atoms with Gasteiger partial charge in [0.2, 0.25) is 17.7 Å². The zero-order valence-electron chi connectivity index (χ0n) is 24.1. The Balaban J connectivity index is 2.11. The minimum Gasteiger partial charge on any atom is -0.394 e. The largest absolute Gasteiger partial charge is 0.394 e. The SMILES string of the molecule is C=CCN(CCC)C(=O)[C@@H]1[C@H]2C(=O)N([C@@H](CO)CC(C)C)C(C(=O)N(CC=C)C(C)CCC)C23CC[C@H]1S3. The average Bonchev–Trinajstić information content (AvgIpc) is 3.52. The summed E-state index contributed by atoms with van der Waals surface area (Å²) in [6.07, 6.45) is 8.27. The van der Waals surface area contributed by atoms with Gasteiger partial charge in [0.1, 0.15) is 6.04 Å². The summed E-state index contributed by atoms with van der Waals surface area (Å²) in [6, 6.07) is -1.15. The van der Waals surface area contributed by atoms with E-state index in [9.17, 15) is 19.5 Å². The van der Waals surface area contributed by atoms with Crippen LogP contribution in [0.4, 0.5) is 0 Å². The van der Waals surface area contributed by atoms with Crippen LogP contribution < -0.4 is 0 Å². The maximum Gasteiger partial charge on any atom is 0.247 e. The van der Waals surface area contributed by atoms with Crippen molar-refractivity contribution in [2.24, 2.45) is 17.8 Å². The fourth-order valence-corrected chi connectivity index (χ4v) is 9.34. The third-order valence-corrected chi connectivity index (χ3v) is 10.6. The first-order valence-electron chi connectivity index (χ1n) is 14.5. The summed E-state index contributed by atoms with van der Waals surface area (Å²) in [5.41, 5.74) is 0. The van der Waals surface area contributed by atoms with Gasteiger partial charge in [-0.25, -0.2) is 0 Å². The summed E-state index contributed by atoms with van der Waals surface area (Å²) in [5.74, 6) is -0.957. The van der Waals surface area contributed by atoms with E-state index in [0.717, 1.165) is 32.1 Å². The topological polar surface area (TPSA) is 81.2 Å². The monoisotopic (exact) mass is 547 g/mol. The highest BCUT2D eigenvalue weighted by Crippen LogP contribution is 2.67. The molecule has 214 valence electrons. The van der Waals surface area contributed by atoms with Crippen LogP contribution in [0.1, 0.15) is 73.1 Å². The quantitative estimate of drug-likeness (QED) is 0.312. The van der Waals surface area contributed by atoms with Crippen molar-refractivity contribution in [2.45, 2.75) is 101 Å². The molecule has 3 aliphatic rings. The lowest BCUT2D eigenvalue weighted by molar-refractivity contribution is -0.148. The molecule has 0 aromatic rings. The zero-order valence-corrected chi connectivity index (χ0v) is 24.9. The molecule has 3 saturated heterocycles. The van der Waals surface area contributed by atoms with Crippen molar-refractivity contribution in [1.29, 1.82) is 0 Å². The number of hydrogen-bond donors (Lipinski definition) is 1. The number of nitrogens with zero attached hydrogens (tertiary/aromatic N) is 3. The third kappa shape index (κ3) is 5.45. The van der Waals surface area contributed by atoms with E-state index in [1.807, 2.05) is 16.7 Å². The Hall–Kier alpha value is -1.80. The van der Waals surface area contributed by atoms with Crippen molar-refractivity contribution >= 4 is 29.5 Å². The van der Waals surface area contributed by atoms with Gasteiger partial charge in [0, 0.05) is 30.9 Å². The number of amides is 3. The highest BCUT2D eigenvalue weighted by molar-refractivity contribution is 8.02. The molecule has 3 aliphatic heterocycles. The van der Waals surface area contributed by atoms with Crippen LogP contribution in [0.3, 0.4) is 0 Å². The van der Waals surface area contributed by atoms with Gasteiger partial charge < -0.3 is 19.8 Å². The predicted octanol–water partition coefficient (Wildman–Crippen LogP) is 4.11. The number of thioether (sulfide) groups is 1. The fourth-order valence-electron chi connectivity index (χ4n) is 7.15. The molecule has 3 amide bonds. The molecule has 2 bridgehead atoms. The Bertz CT molecular complexity index is 895. The van der Waals surface area contributed by atoms with Crippen molar-refractivity contribution < 1.29 is 19.5 Å². The van der Waals surface area contributed by atoms with Crippen LogP contribution in [0.15, 0.2) is 25.3 Å². The normalized spacial score (nSPS) is 29.3. The Morgan fingerprint density at radius 2 is 1.84 bits per heavy atom. The zero-order chi connectivity index (χ0) is 28.2. The number of likely N-dealkylation sites (tertiary alicyclic amines) is 1. The molecule has 3 unspecified atom stereocenters. The van der Waals surface area contributed by atoms with Gasteiger partial charge in [-0.3, -0.25) is 14.4 Å². The molecular weight excluding hydrogens is 498 g/mol. The van der Waals surface area contributed by atoms with E-state index in [1.165, 1.54) is 0 Å². The van der Waals surface area contributed by atoms with Gasteiger partial charge in [0.15, 0.2) is 0 Å². The summed E-state index contributed by atoms with van der Waals surface area (Å²) in [7, 11) is 0. The van der Waals surface area contributed by atoms with Gasteiger partial charge in [0.25, 0.3) is 0 Å². The van der Waals surface area contributed by atoms with Crippen molar-refractivity contribution in [3.05, 3.63) is 25.3 Å². The van der Waals surface area contributed by atoms with Crippen molar-refractivity contribution in [1.82, 2.24) is 14.7 Å². The molecule has 0 radical (unpaired) electrons. The Kier molecular flexibility index (Phi) is 10.5. The number of fused-ring (bicyclic) bond motifs is 1. The summed E-state index contributed by atoms with van der Waals surface area (Å²) < 4.78 is -0.652. The maximum absolute atomic E-state index is 14.5. The molecule has 7 atom stereocenters. The molecule has 8 heteroatoms. The van der Waals surface area contributed by atoms with Crippen LogP contribution in [0, 0.1) is 17.8 Å². The van der Waals surface area contributed by atoms with Gasteiger partial charge >= 0.3 is 0 Å². The molecule has 1 spiro atoms. The molecule has 3 rings (SSSR count). The fraction of sp³-hybridized carbons (Fsp3) is 0.767. The molecule has 7 nitrogen and oxygen atoms in total. The molecule has 0 aliphatic carbocycles. The molecule has 0 aromatic heterocycles. The van der Waals surface area contributed by atoms with E-state index < -0.39 is 28.7 Å². The minimum absolute atomic E-state index is 0.00364. The molecular formula is C30H49N3O4S. The van der Waals surface area contributed by atoms with Crippen LogP contribution in [-0.4, -0.2) is 91.9 Å². The second-order valence-electron chi connectivity index (χ2n) is 11.8. The molecule has 3 fully saturated rings. The van der Waals surface area contributed by atoms with E-state index in [-0.39, 0.29) is 41.5 Å². The van der Waals surface area contributed by atoms with Gasteiger partial charge in [-0.2, -0.15) is 0 Å². The Morgan fingerprint density at radius 3 is 2.39 bits per heavy atom. The van der Waals surface area contributed by atoms with Crippen LogP contribution >= 0.6 is 11.8 Å². The van der Waals surface area contributed by atoms with E-state index in [2.05, 4.69) is 40.9 Å². The van der Waals surface area contributed by atoms with E-state index in [4.69, 9.17) is 0 Å². The minimum atomic E-state index is -0.693. The van der Waals surface area contributed by atoms with Crippen LogP contribution in [0.25, 0.3) is 0 Å². The molecule has 38 heavy (non-hydrogen) atoms. The van der Waals surface area contributed by atoms with E-state index in [0.29, 0.717) is 26.1 Å². The number of hydrogen-bond acceptors (Lipinski definition) is 5. The average molecular weight is 548 g/mol. The first kappa shape index (κ1) is 30.7. The summed E-state index contributed by atoms with van der Waals surface area (Å²) in [5, 5.41) is 10.5. The number of carbonyl (C=O) groups is 3. The first-order valence-corrected chi connectivity index (χ1v) is 15.4. The third-order valence-electron chi connectivity index (χ3n) is 8.61. The van der Waals surface area contributed by atoms with E-state index in [1.54, 1.807) is 28.8 Å². The van der Waals surface area contributed by atoms with Gasteiger partial charge in [-0.1, -0.05) is 46.3 Å². The van der Waals surface area contributed by atoms with Gasteiger partial charge in [-0.05, 0) is 44.9 Å². The van der Waals surface area contributed by atoms with Crippen LogP contribution in [0.5, 0.6) is 0 Å². The molecule has 1 N–H and O–H groups in total. The molecule has 3 heterocycles. The second kappa shape index (κ2) is 13.0. The number of rotatable bonds is 15. The lowest BCUT2D eigenvalue weighted by Gasteiger charge is -2.41. The summed E-state index contributed by atoms with van der Waals surface area (Å²) >= 11 is 1.70. The van der Waals surface area contributed by atoms with Crippen molar-refractivity contribution in [3.8, 4) is 0 Å². The standard InChI is InChI=1S/C30H49N3O4S/c1-8-12-21(7)32(17-11-4)29(37)26-30-14-13-23(38-30)24(27(35)31(15-9-2)16-10-3)25(30)28(36)33(26)22(19-34)18-20(5)6/h9,11,20-26,34H,2,4,8,10,12-19H2,1,3,5-7H3/t21?,22-,23-,24+,25+,26?,30?/m1/s1. The molecule has 0 aromatic carbocycles. The number of carbonyl (C=O) groups excluding carboxylic acids is 3. The predicted molar refractivity (Wildman–Crippen MR) is 155 cm³/mol. The van der Waals surface area contributed by atoms with Gasteiger partial charge in [-0.15, -0.1) is 24.9 Å². The molecule has 0 saturated carbocycles. The maximum atomic E-state index is 14.5. The first-order chi connectivity index (χ1) is 18.1. The Labute approximate surface area is 234 Å². The number of aliphatic hydroxyl groups is 1. The summed E-state index contributed by atoms with van der Waals surface area (Å²) in [4.78, 5) is 48.3. The second-order valence-corrected chi connectivity index (χ2v) is 13.4. The van der Waals surface area contributed by atoms with E-state index >= 15 is 0 Å². The lowest BCUT2D eigenvalue weighted by Crippen LogP contribution is -2.59. The smallest absolute Gasteiger partial charge is 0.247 e. The van der Waals surface area contributed by atoms with Crippen molar-refractivity contribution in [3.63, 3.8) is 0 Å². The van der Waals surface area contributed by atoms with Gasteiger partial charge in [0.05, 0.1) is 29.2 Å². The Morgan fingerprint density at radius 1 is 1.16 bits per heavy atom. The lowest BCUT2D eigenvalue weighted by atomic mass is 9.70. The highest BCUT2D eigenvalue weighted by Gasteiger charge is 2.74. The number of aliphatic hydroxyl groups excluding tert-OH is 1. The van der Waals surface area contributed by atoms with Crippen LogP contribution in [0.2, 0.25) is 0 Å². The highest BCUT2D eigenvalue weighted by atomic mass is 32.2. The summed E-state index contributed by atoms with van der Waals surface area (Å²) in [6.45, 7) is 19.4. The van der Waals surface area contributed by atoms with Crippen molar-refractivity contribution in [2.75, 3.05) is 26.2 Å². The van der Waals surface area contributed by atoms with Crippen LogP contribution in [-0.2, 0) is 14.4 Å².